The van der Waals surface area contributed by atoms with Crippen LogP contribution in [0.15, 0.2) is 0 Å². The van der Waals surface area contributed by atoms with E-state index < -0.39 is 0 Å². The zero-order valence-corrected chi connectivity index (χ0v) is 13.9. The molecule has 2 fully saturated rings. The van der Waals surface area contributed by atoms with Crippen LogP contribution in [0.5, 0.6) is 0 Å². The van der Waals surface area contributed by atoms with Crippen molar-refractivity contribution in [3.05, 3.63) is 0 Å². The van der Waals surface area contributed by atoms with E-state index in [1.807, 2.05) is 0 Å². The molecule has 118 valence electrons. The lowest BCUT2D eigenvalue weighted by molar-refractivity contribution is -0.134. The number of nitrogens with zero attached hydrogens (tertiary/aromatic N) is 1. The fourth-order valence-electron chi connectivity index (χ4n) is 3.71. The first-order valence-corrected chi connectivity index (χ1v) is 8.03. The number of amides is 1. The molecule has 0 aromatic rings. The van der Waals surface area contributed by atoms with Crippen LogP contribution in [0.3, 0.4) is 0 Å². The van der Waals surface area contributed by atoms with Gasteiger partial charge in [-0.1, -0.05) is 46.0 Å². The van der Waals surface area contributed by atoms with E-state index in [1.54, 1.807) is 0 Å². The van der Waals surface area contributed by atoms with Crippen molar-refractivity contribution >= 4 is 18.3 Å². The molecule has 0 spiro atoms. The third-order valence-corrected chi connectivity index (χ3v) is 5.20. The van der Waals surface area contributed by atoms with E-state index in [0.29, 0.717) is 12.5 Å². The highest BCUT2D eigenvalue weighted by Gasteiger charge is 2.36. The Balaban J connectivity index is 0.00000200. The Labute approximate surface area is 130 Å². The van der Waals surface area contributed by atoms with Gasteiger partial charge in [-0.15, -0.1) is 12.4 Å². The van der Waals surface area contributed by atoms with Gasteiger partial charge in [-0.3, -0.25) is 4.79 Å². The zero-order valence-electron chi connectivity index (χ0n) is 13.1. The molecule has 1 aliphatic heterocycles. The highest BCUT2D eigenvalue weighted by Crippen LogP contribution is 2.32. The summed E-state index contributed by atoms with van der Waals surface area (Å²) in [6.07, 6.45) is 8.93. The number of carbonyl (C=O) groups is 1. The van der Waals surface area contributed by atoms with Gasteiger partial charge in [0, 0.05) is 19.0 Å². The molecule has 3 nitrogen and oxygen atoms in total. The van der Waals surface area contributed by atoms with Gasteiger partial charge in [-0.25, -0.2) is 0 Å². The predicted octanol–water partition coefficient (Wildman–Crippen LogP) is 3.21. The smallest absolute Gasteiger partial charge is 0.225 e. The van der Waals surface area contributed by atoms with Crippen molar-refractivity contribution in [3.63, 3.8) is 0 Å². The van der Waals surface area contributed by atoms with Gasteiger partial charge >= 0.3 is 0 Å². The third kappa shape index (κ3) is 4.36. The molecule has 2 aliphatic rings. The highest BCUT2D eigenvalue weighted by atomic mass is 35.5. The van der Waals surface area contributed by atoms with E-state index >= 15 is 0 Å². The molecule has 2 N–H and O–H groups in total. The molecule has 0 aromatic heterocycles. The molecule has 0 aromatic carbocycles. The van der Waals surface area contributed by atoms with Crippen molar-refractivity contribution in [2.75, 3.05) is 19.6 Å². The maximum Gasteiger partial charge on any atom is 0.225 e. The number of carbonyl (C=O) groups excluding carboxylic acids is 1. The molecule has 2 atom stereocenters. The van der Waals surface area contributed by atoms with Gasteiger partial charge in [0.05, 0.1) is 0 Å². The third-order valence-electron chi connectivity index (χ3n) is 5.20. The second-order valence-electron chi connectivity index (χ2n) is 7.17. The van der Waals surface area contributed by atoms with Crippen LogP contribution in [-0.2, 0) is 4.79 Å². The first-order valence-electron chi connectivity index (χ1n) is 8.03. The van der Waals surface area contributed by atoms with Crippen molar-refractivity contribution in [3.8, 4) is 0 Å². The Bertz CT molecular complexity index is 318. The molecule has 1 saturated heterocycles. The molecule has 2 rings (SSSR count). The monoisotopic (exact) mass is 302 g/mol. The molecule has 1 saturated carbocycles. The van der Waals surface area contributed by atoms with Crippen LogP contribution in [0, 0.1) is 17.3 Å². The molecule has 1 heterocycles. The molecule has 4 heteroatoms. The largest absolute Gasteiger partial charge is 0.342 e. The zero-order chi connectivity index (χ0) is 13.9. The summed E-state index contributed by atoms with van der Waals surface area (Å²) in [5, 5.41) is 0. The number of likely N-dealkylation sites (tertiary alicyclic amines) is 1. The van der Waals surface area contributed by atoms with E-state index in [2.05, 4.69) is 18.7 Å². The summed E-state index contributed by atoms with van der Waals surface area (Å²) in [4.78, 5) is 14.6. The average molecular weight is 303 g/mol. The van der Waals surface area contributed by atoms with E-state index in [-0.39, 0.29) is 23.7 Å². The fraction of sp³-hybridized carbons (Fsp3) is 0.938. The standard InChI is InChI=1S/C16H30N2O.ClH/c1-13(10-14-6-4-3-5-7-14)15(19)18-9-8-16(2,11-17)12-18;/h13-14H,3-12,17H2,1-2H3;1H. The van der Waals surface area contributed by atoms with Crippen LogP contribution >= 0.6 is 12.4 Å². The topological polar surface area (TPSA) is 46.3 Å². The van der Waals surface area contributed by atoms with Crippen molar-refractivity contribution in [2.45, 2.75) is 58.8 Å². The van der Waals surface area contributed by atoms with Gasteiger partial charge in [0.2, 0.25) is 5.91 Å². The van der Waals surface area contributed by atoms with E-state index in [1.165, 1.54) is 32.1 Å². The molecule has 1 aliphatic carbocycles. The molecule has 0 bridgehead atoms. The average Bonchev–Trinajstić information content (AvgIpc) is 2.82. The lowest BCUT2D eigenvalue weighted by atomic mass is 9.83. The normalized spacial score (nSPS) is 29.1. The molecule has 20 heavy (non-hydrogen) atoms. The minimum Gasteiger partial charge on any atom is -0.342 e. The van der Waals surface area contributed by atoms with Crippen LogP contribution < -0.4 is 5.73 Å². The summed E-state index contributed by atoms with van der Waals surface area (Å²) >= 11 is 0. The van der Waals surface area contributed by atoms with Gasteiger partial charge in [-0.05, 0) is 30.7 Å². The number of halogens is 1. The van der Waals surface area contributed by atoms with Crippen molar-refractivity contribution < 1.29 is 4.79 Å². The Morgan fingerprint density at radius 3 is 2.55 bits per heavy atom. The maximum atomic E-state index is 12.5. The van der Waals surface area contributed by atoms with Crippen LogP contribution in [0.1, 0.15) is 58.8 Å². The van der Waals surface area contributed by atoms with Crippen LogP contribution in [0.2, 0.25) is 0 Å². The molecule has 1 amide bonds. The molecule has 2 unspecified atom stereocenters. The lowest BCUT2D eigenvalue weighted by Gasteiger charge is -2.28. The van der Waals surface area contributed by atoms with Crippen molar-refractivity contribution in [2.24, 2.45) is 23.0 Å². The first-order chi connectivity index (χ1) is 9.04. The van der Waals surface area contributed by atoms with E-state index in [4.69, 9.17) is 5.73 Å². The minimum atomic E-state index is 0. The van der Waals surface area contributed by atoms with Gasteiger partial charge in [0.1, 0.15) is 0 Å². The maximum absolute atomic E-state index is 12.5. The lowest BCUT2D eigenvalue weighted by Crippen LogP contribution is -2.37. The van der Waals surface area contributed by atoms with Gasteiger partial charge in [-0.2, -0.15) is 0 Å². The van der Waals surface area contributed by atoms with Gasteiger partial charge in [0.15, 0.2) is 0 Å². The minimum absolute atomic E-state index is 0. The quantitative estimate of drug-likeness (QED) is 0.867. The van der Waals surface area contributed by atoms with Crippen molar-refractivity contribution in [1.29, 1.82) is 0 Å². The molecular weight excluding hydrogens is 272 g/mol. The number of hydrogen-bond acceptors (Lipinski definition) is 2. The number of rotatable bonds is 4. The Kier molecular flexibility index (Phi) is 6.80. The SMILES string of the molecule is CC(CC1CCCCC1)C(=O)N1CCC(C)(CN)C1.Cl. The highest BCUT2D eigenvalue weighted by molar-refractivity contribution is 5.85. The number of hydrogen-bond donors (Lipinski definition) is 1. The fourth-order valence-corrected chi connectivity index (χ4v) is 3.71. The Morgan fingerprint density at radius 2 is 2.00 bits per heavy atom. The summed E-state index contributed by atoms with van der Waals surface area (Å²) in [7, 11) is 0. The van der Waals surface area contributed by atoms with Gasteiger partial charge in [0.25, 0.3) is 0 Å². The van der Waals surface area contributed by atoms with E-state index in [9.17, 15) is 4.79 Å². The summed E-state index contributed by atoms with van der Waals surface area (Å²) in [5.74, 6) is 1.35. The van der Waals surface area contributed by atoms with Crippen LogP contribution in [-0.4, -0.2) is 30.4 Å². The molecular formula is C16H31ClN2O. The first kappa shape index (κ1) is 17.8. The second-order valence-corrected chi connectivity index (χ2v) is 7.17. The Hall–Kier alpha value is -0.280. The predicted molar refractivity (Wildman–Crippen MR) is 86.0 cm³/mol. The van der Waals surface area contributed by atoms with Crippen LogP contribution in [0.25, 0.3) is 0 Å². The Morgan fingerprint density at radius 1 is 1.35 bits per heavy atom. The summed E-state index contributed by atoms with van der Waals surface area (Å²) in [6, 6.07) is 0. The molecule has 0 radical (unpaired) electrons. The van der Waals surface area contributed by atoms with E-state index in [0.717, 1.165) is 31.8 Å². The van der Waals surface area contributed by atoms with Crippen molar-refractivity contribution in [1.82, 2.24) is 4.90 Å². The number of nitrogens with two attached hydrogens (primary N) is 1. The summed E-state index contributed by atoms with van der Waals surface area (Å²) in [6.45, 7) is 6.77. The van der Waals surface area contributed by atoms with Crippen LogP contribution in [0.4, 0.5) is 0 Å². The van der Waals surface area contributed by atoms with Gasteiger partial charge < -0.3 is 10.6 Å². The second kappa shape index (κ2) is 7.65. The summed E-state index contributed by atoms with van der Waals surface area (Å²) in [5.41, 5.74) is 5.97. The summed E-state index contributed by atoms with van der Waals surface area (Å²) < 4.78 is 0.